The van der Waals surface area contributed by atoms with Crippen LogP contribution in [-0.2, 0) is 20.9 Å². The molecular weight excluding hydrogens is 344 g/mol. The van der Waals surface area contributed by atoms with Crippen molar-refractivity contribution in [3.05, 3.63) is 5.82 Å². The van der Waals surface area contributed by atoms with Crippen molar-refractivity contribution in [2.45, 2.75) is 95.5 Å². The molecule has 27 heavy (non-hydrogen) atoms. The van der Waals surface area contributed by atoms with Crippen LogP contribution in [0, 0.1) is 23.7 Å². The molecule has 2 unspecified atom stereocenters. The first kappa shape index (κ1) is 18.0. The monoisotopic (exact) mass is 376 g/mol. The molecule has 3 saturated carbocycles. The summed E-state index contributed by atoms with van der Waals surface area (Å²) in [5.74, 6) is 2.59. The van der Waals surface area contributed by atoms with E-state index in [1.54, 1.807) is 0 Å². The molecule has 150 valence electrons. The van der Waals surface area contributed by atoms with Crippen LogP contribution in [0.4, 0.5) is 0 Å². The van der Waals surface area contributed by atoms with Gasteiger partial charge in [-0.1, -0.05) is 24.5 Å². The zero-order valence-electron chi connectivity index (χ0n) is 16.4. The normalized spacial score (nSPS) is 44.6. The van der Waals surface area contributed by atoms with Gasteiger partial charge in [0.15, 0.2) is 5.82 Å². The van der Waals surface area contributed by atoms with E-state index in [4.69, 9.17) is 14.5 Å². The lowest BCUT2D eigenvalue weighted by atomic mass is 9.66. The molecule has 1 aromatic heterocycles. The molecule has 2 heterocycles. The van der Waals surface area contributed by atoms with Crippen molar-refractivity contribution in [1.29, 1.82) is 0 Å². The summed E-state index contributed by atoms with van der Waals surface area (Å²) in [5.41, 5.74) is 0. The van der Waals surface area contributed by atoms with Gasteiger partial charge in [-0.15, -0.1) is 10.2 Å². The number of ether oxygens (including phenoxy) is 1. The molecule has 3 atom stereocenters. The minimum absolute atomic E-state index is 0.469. The molecule has 3 aliphatic carbocycles. The molecule has 1 N–H and O–H groups in total. The summed E-state index contributed by atoms with van der Waals surface area (Å²) in [6.07, 6.45) is 14.1. The number of H-pyrrole nitrogens is 1. The minimum atomic E-state index is -0.564. The Morgan fingerprint density at radius 3 is 2.52 bits per heavy atom. The third-order valence-corrected chi connectivity index (χ3v) is 7.65. The standard InChI is InChI=1S/C20H32N4O3/c1-19(17-12-15-3-2-4-16(11-15)13-17)25-20(27-26-19)9-7-14(8-10-20)5-6-18-21-23-24-22-18/h14-17H,2-13H2,1H3,(H,21,22,23,24)/t14?,15?,16?,17?,19-,20?/m0/s1. The molecule has 1 aliphatic heterocycles. The molecule has 0 amide bonds. The van der Waals surface area contributed by atoms with Gasteiger partial charge in [-0.3, -0.25) is 0 Å². The number of rotatable bonds is 4. The van der Waals surface area contributed by atoms with Crippen LogP contribution < -0.4 is 0 Å². The molecule has 1 aromatic rings. The number of nitrogens with zero attached hydrogens (tertiary/aromatic N) is 3. The van der Waals surface area contributed by atoms with Crippen molar-refractivity contribution >= 4 is 0 Å². The molecule has 0 aromatic carbocycles. The Morgan fingerprint density at radius 1 is 1.04 bits per heavy atom. The number of hydrogen-bond acceptors (Lipinski definition) is 6. The van der Waals surface area contributed by atoms with Crippen LogP contribution in [0.1, 0.15) is 83.4 Å². The van der Waals surface area contributed by atoms with Gasteiger partial charge in [-0.25, -0.2) is 0 Å². The number of hydrogen-bond donors (Lipinski definition) is 1. The van der Waals surface area contributed by atoms with E-state index in [2.05, 4.69) is 27.5 Å². The van der Waals surface area contributed by atoms with E-state index in [1.807, 2.05) is 0 Å². The maximum Gasteiger partial charge on any atom is 0.204 e. The van der Waals surface area contributed by atoms with Crippen molar-refractivity contribution in [2.75, 3.05) is 0 Å². The summed E-state index contributed by atoms with van der Waals surface area (Å²) in [7, 11) is 0. The van der Waals surface area contributed by atoms with Crippen LogP contribution in [-0.4, -0.2) is 32.2 Å². The van der Waals surface area contributed by atoms with E-state index in [0.29, 0.717) is 11.8 Å². The lowest BCUT2D eigenvalue weighted by molar-refractivity contribution is -0.362. The molecule has 1 spiro atoms. The van der Waals surface area contributed by atoms with Gasteiger partial charge in [0.05, 0.1) is 0 Å². The second-order valence-electron chi connectivity index (χ2n) is 9.57. The topological polar surface area (TPSA) is 82.2 Å². The van der Waals surface area contributed by atoms with Crippen LogP contribution in [0.5, 0.6) is 0 Å². The zero-order valence-corrected chi connectivity index (χ0v) is 16.4. The molecule has 4 aliphatic rings. The number of aromatic amines is 1. The highest BCUT2D eigenvalue weighted by Gasteiger charge is 2.56. The minimum Gasteiger partial charge on any atom is -0.312 e. The quantitative estimate of drug-likeness (QED) is 0.802. The predicted octanol–water partition coefficient (Wildman–Crippen LogP) is 3.93. The lowest BCUT2D eigenvalue weighted by Gasteiger charge is -2.44. The first-order valence-corrected chi connectivity index (χ1v) is 10.9. The third-order valence-electron chi connectivity index (χ3n) is 7.65. The highest BCUT2D eigenvalue weighted by molar-refractivity contribution is 4.92. The maximum atomic E-state index is 6.60. The zero-order chi connectivity index (χ0) is 18.3. The molecule has 7 heteroatoms. The first-order chi connectivity index (χ1) is 13.1. The molecule has 2 bridgehead atoms. The number of aryl methyl sites for hydroxylation is 1. The first-order valence-electron chi connectivity index (χ1n) is 10.9. The average Bonchev–Trinajstić information content (AvgIpc) is 3.30. The smallest absolute Gasteiger partial charge is 0.204 e. The van der Waals surface area contributed by atoms with E-state index in [9.17, 15) is 0 Å². The highest BCUT2D eigenvalue weighted by Crippen LogP contribution is 2.53. The fourth-order valence-electron chi connectivity index (χ4n) is 6.09. The Morgan fingerprint density at radius 2 is 1.81 bits per heavy atom. The molecule has 4 fully saturated rings. The third kappa shape index (κ3) is 3.66. The predicted molar refractivity (Wildman–Crippen MR) is 97.0 cm³/mol. The highest BCUT2D eigenvalue weighted by atomic mass is 17.3. The summed E-state index contributed by atoms with van der Waals surface area (Å²) in [4.78, 5) is 11.8. The van der Waals surface area contributed by atoms with Crippen molar-refractivity contribution in [3.8, 4) is 0 Å². The SMILES string of the molecule is C[C@@]1(C2CC3CCCC(C3)C2)OOC2(CCC(CCc3nn[nH]n3)CC2)O1. The van der Waals surface area contributed by atoms with E-state index in [0.717, 1.165) is 56.2 Å². The molecule has 0 radical (unpaired) electrons. The number of fused-ring (bicyclic) bond motifs is 2. The summed E-state index contributed by atoms with van der Waals surface area (Å²) < 4.78 is 6.60. The van der Waals surface area contributed by atoms with Crippen molar-refractivity contribution in [1.82, 2.24) is 20.6 Å². The Kier molecular flexibility index (Phi) is 4.72. The second-order valence-corrected chi connectivity index (χ2v) is 9.57. The van der Waals surface area contributed by atoms with Gasteiger partial charge in [-0.2, -0.15) is 15.0 Å². The van der Waals surface area contributed by atoms with Crippen LogP contribution in [0.15, 0.2) is 0 Å². The van der Waals surface area contributed by atoms with Gasteiger partial charge in [-0.05, 0) is 63.2 Å². The van der Waals surface area contributed by atoms with Crippen molar-refractivity contribution in [2.24, 2.45) is 23.7 Å². The second kappa shape index (κ2) is 7.08. The fourth-order valence-corrected chi connectivity index (χ4v) is 6.09. The van der Waals surface area contributed by atoms with E-state index in [-0.39, 0.29) is 0 Å². The van der Waals surface area contributed by atoms with Crippen LogP contribution in [0.3, 0.4) is 0 Å². The Balaban J connectivity index is 1.16. The fraction of sp³-hybridized carbons (Fsp3) is 0.950. The van der Waals surface area contributed by atoms with Gasteiger partial charge in [0.1, 0.15) is 0 Å². The van der Waals surface area contributed by atoms with Gasteiger partial charge in [0.2, 0.25) is 11.6 Å². The van der Waals surface area contributed by atoms with Crippen molar-refractivity contribution in [3.63, 3.8) is 0 Å². The molecule has 5 rings (SSSR count). The van der Waals surface area contributed by atoms with Crippen LogP contribution in [0.2, 0.25) is 0 Å². The largest absolute Gasteiger partial charge is 0.312 e. The van der Waals surface area contributed by atoms with E-state index in [1.165, 1.54) is 38.5 Å². The summed E-state index contributed by atoms with van der Waals surface area (Å²) >= 11 is 0. The molecule has 1 saturated heterocycles. The van der Waals surface area contributed by atoms with Crippen molar-refractivity contribution < 1.29 is 14.5 Å². The van der Waals surface area contributed by atoms with Gasteiger partial charge in [0.25, 0.3) is 0 Å². The molecule has 7 nitrogen and oxygen atoms in total. The Hall–Kier alpha value is -1.05. The van der Waals surface area contributed by atoms with Gasteiger partial charge in [0, 0.05) is 25.2 Å². The summed E-state index contributed by atoms with van der Waals surface area (Å²) in [5, 5.41) is 14.3. The van der Waals surface area contributed by atoms with Gasteiger partial charge < -0.3 is 4.74 Å². The van der Waals surface area contributed by atoms with Gasteiger partial charge >= 0.3 is 0 Å². The average molecular weight is 377 g/mol. The van der Waals surface area contributed by atoms with Crippen LogP contribution >= 0.6 is 0 Å². The molecular formula is C20H32N4O3. The van der Waals surface area contributed by atoms with Crippen LogP contribution in [0.25, 0.3) is 0 Å². The Labute approximate surface area is 160 Å². The number of nitrogens with one attached hydrogen (secondary N) is 1. The van der Waals surface area contributed by atoms with E-state index < -0.39 is 11.6 Å². The number of tetrazole rings is 1. The summed E-state index contributed by atoms with van der Waals surface area (Å²) in [6, 6.07) is 0. The maximum absolute atomic E-state index is 6.60. The number of aromatic nitrogens is 4. The lowest BCUT2D eigenvalue weighted by Crippen LogP contribution is -2.45. The Bertz CT molecular complexity index is 619. The summed E-state index contributed by atoms with van der Waals surface area (Å²) in [6.45, 7) is 2.12. The van der Waals surface area contributed by atoms with E-state index >= 15 is 0 Å².